The van der Waals surface area contributed by atoms with Crippen LogP contribution >= 0.6 is 0 Å². The first-order valence-corrected chi connectivity index (χ1v) is 6.97. The van der Waals surface area contributed by atoms with Gasteiger partial charge in [0.1, 0.15) is 0 Å². The van der Waals surface area contributed by atoms with Crippen LogP contribution in [-0.2, 0) is 6.42 Å². The van der Waals surface area contributed by atoms with Gasteiger partial charge >= 0.3 is 0 Å². The molecule has 0 radical (unpaired) electrons. The molecule has 1 heteroatoms. The monoisotopic (exact) mass is 259 g/mol. The third kappa shape index (κ3) is 2.62. The average Bonchev–Trinajstić information content (AvgIpc) is 2.56. The van der Waals surface area contributed by atoms with Crippen LogP contribution in [0.15, 0.2) is 72.9 Å². The zero-order valence-electron chi connectivity index (χ0n) is 11.6. The van der Waals surface area contributed by atoms with Crippen LogP contribution in [0.25, 0.3) is 22.4 Å². The molecule has 0 aliphatic heterocycles. The summed E-state index contributed by atoms with van der Waals surface area (Å²) in [6.45, 7) is 2.19. The summed E-state index contributed by atoms with van der Waals surface area (Å²) >= 11 is 0. The fourth-order valence-corrected chi connectivity index (χ4v) is 2.37. The standard InChI is InChI=1S/C19H17N/c1-2-15-12-17(16-8-4-3-5-9-16)14-18(13-15)19-10-6-7-11-20-19/h3-14H,2H2,1H3. The molecule has 0 saturated carbocycles. The third-order valence-electron chi connectivity index (χ3n) is 3.47. The summed E-state index contributed by atoms with van der Waals surface area (Å²) in [5.74, 6) is 0. The van der Waals surface area contributed by atoms with Crippen LogP contribution in [0.5, 0.6) is 0 Å². The number of rotatable bonds is 3. The van der Waals surface area contributed by atoms with Gasteiger partial charge in [-0.1, -0.05) is 49.4 Å². The predicted molar refractivity (Wildman–Crippen MR) is 84.5 cm³/mol. The van der Waals surface area contributed by atoms with E-state index in [2.05, 4.69) is 60.4 Å². The van der Waals surface area contributed by atoms with Crippen LogP contribution in [0.2, 0.25) is 0 Å². The second-order valence-corrected chi connectivity index (χ2v) is 4.85. The molecule has 20 heavy (non-hydrogen) atoms. The van der Waals surface area contributed by atoms with Gasteiger partial charge in [0, 0.05) is 11.8 Å². The number of hydrogen-bond donors (Lipinski definition) is 0. The van der Waals surface area contributed by atoms with E-state index in [9.17, 15) is 0 Å². The maximum absolute atomic E-state index is 4.46. The number of benzene rings is 2. The fraction of sp³-hybridized carbons (Fsp3) is 0.105. The second-order valence-electron chi connectivity index (χ2n) is 4.85. The Morgan fingerprint density at radius 2 is 1.50 bits per heavy atom. The van der Waals surface area contributed by atoms with Crippen molar-refractivity contribution in [1.29, 1.82) is 0 Å². The number of aryl methyl sites for hydroxylation is 1. The van der Waals surface area contributed by atoms with Crippen molar-refractivity contribution in [3.8, 4) is 22.4 Å². The lowest BCUT2D eigenvalue weighted by Gasteiger charge is -2.09. The summed E-state index contributed by atoms with van der Waals surface area (Å²) in [7, 11) is 0. The third-order valence-corrected chi connectivity index (χ3v) is 3.47. The van der Waals surface area contributed by atoms with Crippen molar-refractivity contribution in [1.82, 2.24) is 4.98 Å². The molecule has 0 unspecified atom stereocenters. The lowest BCUT2D eigenvalue weighted by Crippen LogP contribution is -1.88. The molecule has 1 nitrogen and oxygen atoms in total. The molecule has 3 rings (SSSR count). The molecule has 0 aliphatic carbocycles. The second kappa shape index (κ2) is 5.70. The first-order chi connectivity index (χ1) is 9.86. The van der Waals surface area contributed by atoms with Gasteiger partial charge in [0.15, 0.2) is 0 Å². The zero-order valence-corrected chi connectivity index (χ0v) is 11.6. The molecule has 0 bridgehead atoms. The molecule has 98 valence electrons. The van der Waals surface area contributed by atoms with Crippen molar-refractivity contribution < 1.29 is 0 Å². The van der Waals surface area contributed by atoms with E-state index in [1.807, 2.05) is 24.4 Å². The Balaban J connectivity index is 2.13. The SMILES string of the molecule is CCc1cc(-c2ccccc2)cc(-c2ccccn2)c1. The molecule has 0 atom stereocenters. The summed E-state index contributed by atoms with van der Waals surface area (Å²) in [5.41, 5.74) is 6.06. The van der Waals surface area contributed by atoms with Gasteiger partial charge in [0.25, 0.3) is 0 Å². The summed E-state index contributed by atoms with van der Waals surface area (Å²) in [5, 5.41) is 0. The minimum atomic E-state index is 1.03. The molecule has 1 heterocycles. The Morgan fingerprint density at radius 1 is 0.750 bits per heavy atom. The van der Waals surface area contributed by atoms with Crippen molar-refractivity contribution in [2.45, 2.75) is 13.3 Å². The molecule has 0 amide bonds. The van der Waals surface area contributed by atoms with E-state index < -0.39 is 0 Å². The number of nitrogens with zero attached hydrogens (tertiary/aromatic N) is 1. The van der Waals surface area contributed by atoms with E-state index in [1.54, 1.807) is 0 Å². The Hall–Kier alpha value is -2.41. The molecule has 1 aromatic heterocycles. The Bertz CT molecular complexity index is 630. The molecule has 0 N–H and O–H groups in total. The van der Waals surface area contributed by atoms with Crippen molar-refractivity contribution in [3.05, 3.63) is 78.5 Å². The van der Waals surface area contributed by atoms with Gasteiger partial charge in [0.2, 0.25) is 0 Å². The maximum Gasteiger partial charge on any atom is 0.0702 e. The normalized spacial score (nSPS) is 10.4. The summed E-state index contributed by atoms with van der Waals surface area (Å²) in [4.78, 5) is 4.46. The van der Waals surface area contributed by atoms with Crippen LogP contribution in [0, 0.1) is 0 Å². The molecular weight excluding hydrogens is 242 g/mol. The van der Waals surface area contributed by atoms with E-state index in [1.165, 1.54) is 22.3 Å². The van der Waals surface area contributed by atoms with E-state index in [-0.39, 0.29) is 0 Å². The van der Waals surface area contributed by atoms with E-state index >= 15 is 0 Å². The molecule has 2 aromatic carbocycles. The summed E-state index contributed by atoms with van der Waals surface area (Å²) in [6, 6.07) is 23.3. The first kappa shape index (κ1) is 12.6. The molecule has 3 aromatic rings. The smallest absolute Gasteiger partial charge is 0.0702 e. The lowest BCUT2D eigenvalue weighted by molar-refractivity contribution is 1.14. The van der Waals surface area contributed by atoms with Crippen molar-refractivity contribution in [2.24, 2.45) is 0 Å². The van der Waals surface area contributed by atoms with Gasteiger partial charge < -0.3 is 0 Å². The topological polar surface area (TPSA) is 12.9 Å². The van der Waals surface area contributed by atoms with Gasteiger partial charge in [-0.15, -0.1) is 0 Å². The highest BCUT2D eigenvalue weighted by molar-refractivity contribution is 5.72. The quantitative estimate of drug-likeness (QED) is 0.646. The largest absolute Gasteiger partial charge is 0.256 e. The number of aromatic nitrogens is 1. The first-order valence-electron chi connectivity index (χ1n) is 6.97. The zero-order chi connectivity index (χ0) is 13.8. The minimum absolute atomic E-state index is 1.03. The Labute approximate surface area is 119 Å². The highest BCUT2D eigenvalue weighted by Gasteiger charge is 2.05. The van der Waals surface area contributed by atoms with Crippen molar-refractivity contribution >= 4 is 0 Å². The highest BCUT2D eigenvalue weighted by Crippen LogP contribution is 2.27. The highest BCUT2D eigenvalue weighted by atomic mass is 14.7. The van der Waals surface area contributed by atoms with Crippen LogP contribution in [0.1, 0.15) is 12.5 Å². The average molecular weight is 259 g/mol. The molecule has 0 saturated heterocycles. The van der Waals surface area contributed by atoms with Crippen molar-refractivity contribution in [2.75, 3.05) is 0 Å². The predicted octanol–water partition coefficient (Wildman–Crippen LogP) is 4.98. The van der Waals surface area contributed by atoms with Crippen LogP contribution in [0.3, 0.4) is 0 Å². The van der Waals surface area contributed by atoms with Gasteiger partial charge in [-0.25, -0.2) is 0 Å². The molecular formula is C19H17N. The van der Waals surface area contributed by atoms with E-state index in [0.29, 0.717) is 0 Å². The van der Waals surface area contributed by atoms with Crippen molar-refractivity contribution in [3.63, 3.8) is 0 Å². The fourth-order valence-electron chi connectivity index (χ4n) is 2.37. The summed E-state index contributed by atoms with van der Waals surface area (Å²) in [6.07, 6.45) is 2.87. The van der Waals surface area contributed by atoms with Crippen LogP contribution in [-0.4, -0.2) is 4.98 Å². The molecule has 0 fully saturated rings. The number of pyridine rings is 1. The summed E-state index contributed by atoms with van der Waals surface area (Å²) < 4.78 is 0. The number of hydrogen-bond acceptors (Lipinski definition) is 1. The van der Waals surface area contributed by atoms with Gasteiger partial charge in [-0.3, -0.25) is 4.98 Å². The van der Waals surface area contributed by atoms with Gasteiger partial charge in [-0.2, -0.15) is 0 Å². The lowest BCUT2D eigenvalue weighted by atomic mass is 9.97. The van der Waals surface area contributed by atoms with Crippen LogP contribution in [0.4, 0.5) is 0 Å². The maximum atomic E-state index is 4.46. The minimum Gasteiger partial charge on any atom is -0.256 e. The van der Waals surface area contributed by atoms with Gasteiger partial charge in [-0.05, 0) is 47.4 Å². The molecule has 0 spiro atoms. The molecule has 0 aliphatic rings. The Kier molecular flexibility index (Phi) is 3.60. The van der Waals surface area contributed by atoms with Crippen LogP contribution < -0.4 is 0 Å². The van der Waals surface area contributed by atoms with E-state index in [0.717, 1.165) is 12.1 Å². The van der Waals surface area contributed by atoms with Gasteiger partial charge in [0.05, 0.1) is 5.69 Å². The Morgan fingerprint density at radius 3 is 2.20 bits per heavy atom. The van der Waals surface area contributed by atoms with E-state index in [4.69, 9.17) is 0 Å².